The predicted octanol–water partition coefficient (Wildman–Crippen LogP) is 5.64. The van der Waals surface area contributed by atoms with Crippen molar-refractivity contribution in [2.75, 3.05) is 24.3 Å². The maximum absolute atomic E-state index is 10.5. The summed E-state index contributed by atoms with van der Waals surface area (Å²) in [5, 5.41) is 11.4. The first-order chi connectivity index (χ1) is 15.1. The number of carboxylic acids is 1. The van der Waals surface area contributed by atoms with Crippen molar-refractivity contribution in [2.45, 2.75) is 38.0 Å². The fraction of sp³-hybridized carbons (Fsp3) is 0.308. The summed E-state index contributed by atoms with van der Waals surface area (Å²) < 4.78 is 0. The van der Waals surface area contributed by atoms with Gasteiger partial charge in [-0.2, -0.15) is 0 Å². The highest BCUT2D eigenvalue weighted by Gasteiger charge is 2.23. The lowest BCUT2D eigenvalue weighted by Crippen LogP contribution is -2.09. The Morgan fingerprint density at radius 2 is 1.74 bits per heavy atom. The minimum Gasteiger partial charge on any atom is -0.478 e. The number of aromatic carboxylic acids is 1. The molecule has 5 heteroatoms. The van der Waals surface area contributed by atoms with Gasteiger partial charge in [0.05, 0.1) is 17.4 Å². The van der Waals surface area contributed by atoms with E-state index in [0.29, 0.717) is 5.69 Å². The van der Waals surface area contributed by atoms with E-state index < -0.39 is 5.97 Å². The summed E-state index contributed by atoms with van der Waals surface area (Å²) in [6.07, 6.45) is 9.50. The van der Waals surface area contributed by atoms with Gasteiger partial charge >= 0.3 is 5.97 Å². The molecule has 0 bridgehead atoms. The third-order valence-corrected chi connectivity index (χ3v) is 6.12. The number of aryl methyl sites for hydroxylation is 2. The van der Waals surface area contributed by atoms with E-state index in [9.17, 15) is 4.79 Å². The van der Waals surface area contributed by atoms with Gasteiger partial charge in [-0.25, -0.2) is 4.79 Å². The van der Waals surface area contributed by atoms with Crippen molar-refractivity contribution >= 4 is 23.0 Å². The van der Waals surface area contributed by atoms with Gasteiger partial charge in [0.15, 0.2) is 0 Å². The third-order valence-electron chi connectivity index (χ3n) is 6.12. The fourth-order valence-electron chi connectivity index (χ4n) is 4.08. The Morgan fingerprint density at radius 3 is 2.39 bits per heavy atom. The van der Waals surface area contributed by atoms with Crippen molar-refractivity contribution in [2.24, 2.45) is 0 Å². The number of rotatable bonds is 5. The second-order valence-electron chi connectivity index (χ2n) is 8.21. The number of nitrogens with zero attached hydrogens (tertiary/aromatic N) is 2. The van der Waals surface area contributed by atoms with E-state index in [1.54, 1.807) is 18.2 Å². The first-order valence-corrected chi connectivity index (χ1v) is 10.9. The fourth-order valence-corrected chi connectivity index (χ4v) is 4.08. The Hall–Kier alpha value is -3.34. The van der Waals surface area contributed by atoms with E-state index in [-0.39, 0.29) is 5.56 Å². The number of hydrogen-bond donors (Lipinski definition) is 2. The molecule has 0 amide bonds. The maximum Gasteiger partial charge on any atom is 0.337 e. The summed E-state index contributed by atoms with van der Waals surface area (Å²) in [5.74, 6) is -0.105. The standard InChI is InChI=1S/C19H21N.C7H8N2O2/c1-20(18-10-7-16(8-11-18)15-5-6-15)19-12-9-14-3-2-4-17(14)13-19;1-8-6-4-9-3-2-5(6)7(10)11/h7-13,15H,2-6H2,1H3;2-4,8H,1H3,(H,10,11). The van der Waals surface area contributed by atoms with Crippen LogP contribution in [0.3, 0.4) is 0 Å². The molecule has 0 unspecified atom stereocenters. The molecule has 2 aromatic carbocycles. The van der Waals surface area contributed by atoms with Crippen molar-refractivity contribution < 1.29 is 9.90 Å². The van der Waals surface area contributed by atoms with Crippen LogP contribution in [0.25, 0.3) is 0 Å². The number of benzene rings is 2. The van der Waals surface area contributed by atoms with E-state index in [2.05, 4.69) is 64.7 Å². The number of fused-ring (bicyclic) bond motifs is 1. The first-order valence-electron chi connectivity index (χ1n) is 10.9. The average molecular weight is 416 g/mol. The lowest BCUT2D eigenvalue weighted by atomic mass is 10.1. The quantitative estimate of drug-likeness (QED) is 0.564. The minimum absolute atomic E-state index is 0.238. The third kappa shape index (κ3) is 4.88. The maximum atomic E-state index is 10.5. The van der Waals surface area contributed by atoms with Crippen LogP contribution in [0.5, 0.6) is 0 Å². The van der Waals surface area contributed by atoms with Gasteiger partial charge in [0, 0.05) is 31.7 Å². The summed E-state index contributed by atoms with van der Waals surface area (Å²) in [4.78, 5) is 16.6. The number of hydrogen-bond acceptors (Lipinski definition) is 4. The van der Waals surface area contributed by atoms with Crippen LogP contribution in [0.2, 0.25) is 0 Å². The van der Waals surface area contributed by atoms with Gasteiger partial charge < -0.3 is 15.3 Å². The van der Waals surface area contributed by atoms with Crippen molar-refractivity contribution in [3.05, 3.63) is 83.2 Å². The predicted molar refractivity (Wildman–Crippen MR) is 126 cm³/mol. The molecule has 2 N–H and O–H groups in total. The van der Waals surface area contributed by atoms with E-state index >= 15 is 0 Å². The Labute approximate surface area is 183 Å². The van der Waals surface area contributed by atoms with E-state index in [0.717, 1.165) is 5.92 Å². The number of carbonyl (C=O) groups is 1. The molecule has 31 heavy (non-hydrogen) atoms. The van der Waals surface area contributed by atoms with Crippen molar-refractivity contribution in [3.63, 3.8) is 0 Å². The van der Waals surface area contributed by atoms with Crippen LogP contribution in [-0.2, 0) is 12.8 Å². The van der Waals surface area contributed by atoms with Gasteiger partial charge in [0.2, 0.25) is 0 Å². The molecular formula is C26H29N3O2. The SMILES string of the molecule is CN(c1ccc(C2CC2)cc1)c1ccc2c(c1)CCC2.CNc1cnccc1C(=O)O. The molecule has 0 radical (unpaired) electrons. The summed E-state index contributed by atoms with van der Waals surface area (Å²) in [7, 11) is 3.83. The molecule has 2 aliphatic carbocycles. The molecule has 1 fully saturated rings. The zero-order valence-electron chi connectivity index (χ0n) is 18.1. The molecule has 0 atom stereocenters. The number of aromatic nitrogens is 1. The lowest BCUT2D eigenvalue weighted by Gasteiger charge is -2.21. The number of carboxylic acid groups (broad SMARTS) is 1. The van der Waals surface area contributed by atoms with Gasteiger partial charge in [-0.1, -0.05) is 18.2 Å². The van der Waals surface area contributed by atoms with Gasteiger partial charge in [-0.15, -0.1) is 0 Å². The number of anilines is 3. The van der Waals surface area contributed by atoms with Crippen molar-refractivity contribution in [1.82, 2.24) is 4.98 Å². The van der Waals surface area contributed by atoms with Gasteiger partial charge in [-0.05, 0) is 85.0 Å². The normalized spacial score (nSPS) is 14.3. The van der Waals surface area contributed by atoms with Crippen LogP contribution in [-0.4, -0.2) is 30.2 Å². The summed E-state index contributed by atoms with van der Waals surface area (Å²) >= 11 is 0. The van der Waals surface area contributed by atoms with E-state index in [1.165, 1.54) is 67.5 Å². The molecule has 0 aliphatic heterocycles. The monoisotopic (exact) mass is 415 g/mol. The molecule has 1 heterocycles. The molecule has 1 aromatic heterocycles. The highest BCUT2D eigenvalue weighted by molar-refractivity contribution is 5.93. The average Bonchev–Trinajstić information content (AvgIpc) is 3.56. The molecule has 160 valence electrons. The Morgan fingerprint density at radius 1 is 1.03 bits per heavy atom. The van der Waals surface area contributed by atoms with Crippen LogP contribution < -0.4 is 10.2 Å². The zero-order chi connectivity index (χ0) is 21.8. The largest absolute Gasteiger partial charge is 0.478 e. The summed E-state index contributed by atoms with van der Waals surface area (Å²) in [6, 6.07) is 17.5. The smallest absolute Gasteiger partial charge is 0.337 e. The lowest BCUT2D eigenvalue weighted by molar-refractivity contribution is 0.0698. The van der Waals surface area contributed by atoms with Gasteiger partial charge in [-0.3, -0.25) is 4.98 Å². The van der Waals surface area contributed by atoms with E-state index in [1.807, 2.05) is 0 Å². The second kappa shape index (κ2) is 9.21. The highest BCUT2D eigenvalue weighted by Crippen LogP contribution is 2.40. The first kappa shape index (κ1) is 20.9. The molecule has 5 nitrogen and oxygen atoms in total. The molecule has 5 rings (SSSR count). The van der Waals surface area contributed by atoms with Crippen LogP contribution in [0, 0.1) is 0 Å². The Balaban J connectivity index is 0.000000180. The Bertz CT molecular complexity index is 1060. The molecular weight excluding hydrogens is 386 g/mol. The van der Waals surface area contributed by atoms with Crippen LogP contribution in [0.1, 0.15) is 52.2 Å². The van der Waals surface area contributed by atoms with Crippen molar-refractivity contribution in [1.29, 1.82) is 0 Å². The zero-order valence-corrected chi connectivity index (χ0v) is 18.1. The summed E-state index contributed by atoms with van der Waals surface area (Å²) in [5.41, 5.74) is 7.96. The van der Waals surface area contributed by atoms with Crippen LogP contribution in [0.15, 0.2) is 60.9 Å². The van der Waals surface area contributed by atoms with Crippen molar-refractivity contribution in [3.8, 4) is 0 Å². The van der Waals surface area contributed by atoms with Crippen LogP contribution >= 0.6 is 0 Å². The molecule has 0 spiro atoms. The number of nitrogens with one attached hydrogen (secondary N) is 1. The molecule has 1 saturated carbocycles. The van der Waals surface area contributed by atoms with Gasteiger partial charge in [0.1, 0.15) is 0 Å². The molecule has 2 aliphatic rings. The molecule has 0 saturated heterocycles. The number of pyridine rings is 1. The second-order valence-corrected chi connectivity index (χ2v) is 8.21. The van der Waals surface area contributed by atoms with E-state index in [4.69, 9.17) is 5.11 Å². The minimum atomic E-state index is -0.947. The van der Waals surface area contributed by atoms with Crippen LogP contribution in [0.4, 0.5) is 17.1 Å². The molecule has 3 aromatic rings. The summed E-state index contributed by atoms with van der Waals surface area (Å²) in [6.45, 7) is 0. The topological polar surface area (TPSA) is 65.5 Å². The highest BCUT2D eigenvalue weighted by atomic mass is 16.4. The Kier molecular flexibility index (Phi) is 6.21. The van der Waals surface area contributed by atoms with Gasteiger partial charge in [0.25, 0.3) is 0 Å².